The molecule has 0 bridgehead atoms. The van der Waals surface area contributed by atoms with Gasteiger partial charge >= 0.3 is 0 Å². The van der Waals surface area contributed by atoms with Gasteiger partial charge in [0.2, 0.25) is 12.5 Å². The molecule has 1 aromatic carbocycles. The van der Waals surface area contributed by atoms with Gasteiger partial charge in [-0.25, -0.2) is 0 Å². The Kier molecular flexibility index (Phi) is 6.87. The molecule has 1 fully saturated rings. The monoisotopic (exact) mass is 336 g/mol. The van der Waals surface area contributed by atoms with Gasteiger partial charge < -0.3 is 19.5 Å². The molecule has 3 rings (SSSR count). The maximum atomic E-state index is 5.49. The third-order valence-corrected chi connectivity index (χ3v) is 3.86. The number of hydrogen-bond donors (Lipinski definition) is 1. The van der Waals surface area contributed by atoms with Gasteiger partial charge in [0, 0.05) is 32.2 Å². The van der Waals surface area contributed by atoms with Crippen molar-refractivity contribution in [1.29, 1.82) is 0 Å². The summed E-state index contributed by atoms with van der Waals surface area (Å²) in [6.45, 7) is 6.73. The lowest BCUT2D eigenvalue weighted by Gasteiger charge is -2.33. The Morgan fingerprint density at radius 2 is 1.90 bits per heavy atom. The first-order chi connectivity index (χ1) is 9.29. The molecule has 1 N–H and O–H groups in total. The normalized spacial score (nSPS) is 18.4. The smallest absolute Gasteiger partial charge is 0.231 e. The van der Waals surface area contributed by atoms with E-state index in [1.807, 2.05) is 0 Å². The summed E-state index contributed by atoms with van der Waals surface area (Å²) >= 11 is 0. The van der Waals surface area contributed by atoms with Crippen LogP contribution in [0.5, 0.6) is 17.2 Å². The molecule has 1 atom stereocenters. The Morgan fingerprint density at radius 1 is 1.19 bits per heavy atom. The highest BCUT2D eigenvalue weighted by Crippen LogP contribution is 2.43. The average molecular weight is 337 g/mol. The molecule has 0 aromatic heterocycles. The number of halogens is 2. The van der Waals surface area contributed by atoms with E-state index in [0.717, 1.165) is 43.4 Å². The molecule has 2 heterocycles. The summed E-state index contributed by atoms with van der Waals surface area (Å²) in [5.41, 5.74) is 1.21. The number of fused-ring (bicyclic) bond motifs is 1. The summed E-state index contributed by atoms with van der Waals surface area (Å²) in [6, 6.07) is 4.48. The minimum Gasteiger partial charge on any atom is -0.493 e. The number of hydrogen-bond acceptors (Lipinski definition) is 5. The van der Waals surface area contributed by atoms with Crippen molar-refractivity contribution in [1.82, 2.24) is 10.2 Å². The number of rotatable bonds is 3. The number of nitrogens with zero attached hydrogens (tertiary/aromatic N) is 1. The van der Waals surface area contributed by atoms with E-state index in [0.29, 0.717) is 6.04 Å². The second-order valence-electron chi connectivity index (χ2n) is 4.92. The van der Waals surface area contributed by atoms with Crippen LogP contribution >= 0.6 is 24.8 Å². The van der Waals surface area contributed by atoms with Crippen molar-refractivity contribution >= 4 is 24.8 Å². The predicted molar refractivity (Wildman–Crippen MR) is 86.5 cm³/mol. The van der Waals surface area contributed by atoms with Crippen LogP contribution in [-0.2, 0) is 0 Å². The zero-order valence-electron chi connectivity index (χ0n) is 12.3. The Hall–Kier alpha value is -0.880. The second-order valence-corrected chi connectivity index (χ2v) is 4.92. The van der Waals surface area contributed by atoms with E-state index in [1.165, 1.54) is 5.56 Å². The van der Waals surface area contributed by atoms with Crippen molar-refractivity contribution in [2.24, 2.45) is 0 Å². The Bertz CT molecular complexity index is 468. The van der Waals surface area contributed by atoms with Crippen molar-refractivity contribution in [3.63, 3.8) is 0 Å². The highest BCUT2D eigenvalue weighted by molar-refractivity contribution is 5.85. The maximum Gasteiger partial charge on any atom is 0.231 e. The van der Waals surface area contributed by atoms with Gasteiger partial charge in [-0.15, -0.1) is 24.8 Å². The van der Waals surface area contributed by atoms with Gasteiger partial charge in [0.1, 0.15) is 0 Å². The molecule has 0 saturated carbocycles. The van der Waals surface area contributed by atoms with Crippen molar-refractivity contribution in [3.05, 3.63) is 17.7 Å². The molecular weight excluding hydrogens is 315 g/mol. The average Bonchev–Trinajstić information content (AvgIpc) is 2.94. The van der Waals surface area contributed by atoms with Gasteiger partial charge in [-0.1, -0.05) is 0 Å². The summed E-state index contributed by atoms with van der Waals surface area (Å²) in [6.07, 6.45) is 0. The number of nitrogens with one attached hydrogen (secondary N) is 1. The quantitative estimate of drug-likeness (QED) is 0.916. The zero-order valence-corrected chi connectivity index (χ0v) is 13.9. The van der Waals surface area contributed by atoms with E-state index in [9.17, 15) is 0 Å². The van der Waals surface area contributed by atoms with E-state index < -0.39 is 0 Å². The fraction of sp³-hybridized carbons (Fsp3) is 0.571. The van der Waals surface area contributed by atoms with Crippen LogP contribution < -0.4 is 19.5 Å². The van der Waals surface area contributed by atoms with Crippen molar-refractivity contribution in [3.8, 4) is 17.2 Å². The summed E-state index contributed by atoms with van der Waals surface area (Å²) in [5, 5.41) is 3.37. The summed E-state index contributed by atoms with van der Waals surface area (Å²) in [4.78, 5) is 2.47. The summed E-state index contributed by atoms with van der Waals surface area (Å²) in [7, 11) is 1.66. The van der Waals surface area contributed by atoms with Crippen LogP contribution in [0.2, 0.25) is 0 Å². The van der Waals surface area contributed by atoms with Gasteiger partial charge in [-0.2, -0.15) is 0 Å². The highest BCUT2D eigenvalue weighted by Gasteiger charge is 2.24. The van der Waals surface area contributed by atoms with Crippen molar-refractivity contribution < 1.29 is 14.2 Å². The lowest BCUT2D eigenvalue weighted by atomic mass is 10.0. The molecule has 7 heteroatoms. The van der Waals surface area contributed by atoms with Crippen LogP contribution in [0.4, 0.5) is 0 Å². The minimum absolute atomic E-state index is 0. The van der Waals surface area contributed by atoms with Gasteiger partial charge in [-0.3, -0.25) is 4.90 Å². The largest absolute Gasteiger partial charge is 0.493 e. The molecule has 21 heavy (non-hydrogen) atoms. The van der Waals surface area contributed by atoms with Gasteiger partial charge in [-0.05, 0) is 24.6 Å². The molecule has 0 spiro atoms. The molecule has 2 aliphatic rings. The van der Waals surface area contributed by atoms with Gasteiger partial charge in [0.05, 0.1) is 7.11 Å². The van der Waals surface area contributed by atoms with Crippen LogP contribution in [0, 0.1) is 0 Å². The fourth-order valence-corrected chi connectivity index (χ4v) is 2.67. The lowest BCUT2D eigenvalue weighted by Crippen LogP contribution is -2.44. The first-order valence-electron chi connectivity index (χ1n) is 6.72. The Morgan fingerprint density at radius 3 is 2.57 bits per heavy atom. The van der Waals surface area contributed by atoms with Crippen LogP contribution in [0.3, 0.4) is 0 Å². The van der Waals surface area contributed by atoms with Crippen LogP contribution in [0.1, 0.15) is 18.5 Å². The molecule has 1 saturated heterocycles. The minimum atomic E-state index is 0. The number of methoxy groups -OCH3 is 1. The van der Waals surface area contributed by atoms with Crippen molar-refractivity contribution in [2.75, 3.05) is 40.1 Å². The predicted octanol–water partition coefficient (Wildman–Crippen LogP) is 2.23. The Labute approximate surface area is 137 Å². The second kappa shape index (κ2) is 7.94. The molecule has 120 valence electrons. The first kappa shape index (κ1) is 18.2. The SMILES string of the molecule is COc1cc([C@@H](C)N2CCNCC2)cc2c1OCO2.Cl.Cl. The molecular formula is C14H22Cl2N2O3. The zero-order chi connectivity index (χ0) is 13.2. The molecule has 0 aliphatic carbocycles. The van der Waals surface area contributed by atoms with E-state index in [2.05, 4.69) is 29.3 Å². The standard InChI is InChI=1S/C14H20N2O3.2ClH/c1-10(16-5-3-15-4-6-16)11-7-12(17-2)14-13(8-11)18-9-19-14;;/h7-8,10,15H,3-6,9H2,1-2H3;2*1H/t10-;;/m1../s1. The van der Waals surface area contributed by atoms with Crippen LogP contribution in [-0.4, -0.2) is 45.0 Å². The van der Waals surface area contributed by atoms with E-state index in [-0.39, 0.29) is 31.6 Å². The highest BCUT2D eigenvalue weighted by atomic mass is 35.5. The number of benzene rings is 1. The molecule has 0 amide bonds. The van der Waals surface area contributed by atoms with Gasteiger partial charge in [0.15, 0.2) is 11.5 Å². The third kappa shape index (κ3) is 3.66. The van der Waals surface area contributed by atoms with E-state index in [4.69, 9.17) is 14.2 Å². The molecule has 1 aromatic rings. The number of piperazine rings is 1. The van der Waals surface area contributed by atoms with Crippen molar-refractivity contribution in [2.45, 2.75) is 13.0 Å². The summed E-state index contributed by atoms with van der Waals surface area (Å²) < 4.78 is 16.3. The summed E-state index contributed by atoms with van der Waals surface area (Å²) in [5.74, 6) is 2.27. The van der Waals surface area contributed by atoms with Gasteiger partial charge in [0.25, 0.3) is 0 Å². The number of ether oxygens (including phenoxy) is 3. The fourth-order valence-electron chi connectivity index (χ4n) is 2.67. The first-order valence-corrected chi connectivity index (χ1v) is 6.72. The van der Waals surface area contributed by atoms with E-state index >= 15 is 0 Å². The van der Waals surface area contributed by atoms with Crippen LogP contribution in [0.25, 0.3) is 0 Å². The molecule has 0 unspecified atom stereocenters. The van der Waals surface area contributed by atoms with Crippen LogP contribution in [0.15, 0.2) is 12.1 Å². The Balaban J connectivity index is 0.00000110. The lowest BCUT2D eigenvalue weighted by molar-refractivity contribution is 0.171. The third-order valence-electron chi connectivity index (χ3n) is 3.86. The maximum absolute atomic E-state index is 5.49. The molecule has 2 aliphatic heterocycles. The topological polar surface area (TPSA) is 43.0 Å². The molecule has 5 nitrogen and oxygen atoms in total. The molecule has 0 radical (unpaired) electrons. The van der Waals surface area contributed by atoms with E-state index in [1.54, 1.807) is 7.11 Å².